The Kier molecular flexibility index (Phi) is 26.4. The zero-order chi connectivity index (χ0) is 51.4. The lowest BCUT2D eigenvalue weighted by atomic mass is 9.93. The zero-order valence-corrected chi connectivity index (χ0v) is 44.8. The molecule has 0 radical (unpaired) electrons. The highest BCUT2D eigenvalue weighted by molar-refractivity contribution is 5.92. The molecule has 0 bridgehead atoms. The summed E-state index contributed by atoms with van der Waals surface area (Å²) in [6.07, 6.45) is 4.49. The van der Waals surface area contributed by atoms with Crippen molar-refractivity contribution in [2.75, 3.05) is 7.11 Å². The molecule has 7 aromatic rings. The van der Waals surface area contributed by atoms with Gasteiger partial charge in [0.1, 0.15) is 0 Å². The van der Waals surface area contributed by atoms with E-state index in [-0.39, 0.29) is 5.60 Å². The Morgan fingerprint density at radius 1 is 0.493 bits per heavy atom. The smallest absolute Gasteiger partial charge is 0.0645 e. The second-order valence-electron chi connectivity index (χ2n) is 19.1. The van der Waals surface area contributed by atoms with Gasteiger partial charge >= 0.3 is 0 Å². The first-order valence-electron chi connectivity index (χ1n) is 24.6. The van der Waals surface area contributed by atoms with Gasteiger partial charge in [0.05, 0.1) is 11.2 Å². The van der Waals surface area contributed by atoms with E-state index < -0.39 is 5.60 Å². The van der Waals surface area contributed by atoms with Crippen LogP contribution in [0.5, 0.6) is 0 Å². The Hall–Kier alpha value is -6.32. The third-order valence-corrected chi connectivity index (χ3v) is 11.2. The van der Waals surface area contributed by atoms with Crippen LogP contribution in [0.4, 0.5) is 0 Å². The topological polar surface area (TPSA) is 29.5 Å². The van der Waals surface area contributed by atoms with Gasteiger partial charge in [-0.15, -0.1) is 0 Å². The van der Waals surface area contributed by atoms with Crippen LogP contribution in [0.25, 0.3) is 39.0 Å². The Labute approximate surface area is 420 Å². The Morgan fingerprint density at radius 2 is 0.870 bits per heavy atom. The van der Waals surface area contributed by atoms with E-state index in [0.717, 1.165) is 22.3 Å². The summed E-state index contributed by atoms with van der Waals surface area (Å²) in [6.45, 7) is 33.0. The molecular weight excluding hydrogens is 837 g/mol. The first-order chi connectivity index (χ1) is 32.8. The van der Waals surface area contributed by atoms with Crippen LogP contribution in [0.15, 0.2) is 213 Å². The van der Waals surface area contributed by atoms with E-state index in [0.29, 0.717) is 11.8 Å². The van der Waals surface area contributed by atoms with Gasteiger partial charge in [0.25, 0.3) is 0 Å². The minimum absolute atomic E-state index is 0.0417. The zero-order valence-electron chi connectivity index (χ0n) is 44.8. The summed E-state index contributed by atoms with van der Waals surface area (Å²) in [5.74, 6) is 1.25. The third-order valence-electron chi connectivity index (χ3n) is 11.2. The largest absolute Gasteiger partial charge is 0.391 e. The highest BCUT2D eigenvalue weighted by Crippen LogP contribution is 2.31. The molecule has 2 heteroatoms. The van der Waals surface area contributed by atoms with Crippen molar-refractivity contribution in [3.05, 3.63) is 246 Å². The van der Waals surface area contributed by atoms with Gasteiger partial charge in [0.2, 0.25) is 0 Å². The van der Waals surface area contributed by atoms with Crippen LogP contribution in [0.2, 0.25) is 0 Å². The summed E-state index contributed by atoms with van der Waals surface area (Å²) in [5.41, 5.74) is 15.2. The molecule has 0 aliphatic heterocycles. The van der Waals surface area contributed by atoms with Crippen LogP contribution in [-0.4, -0.2) is 23.4 Å². The van der Waals surface area contributed by atoms with Gasteiger partial charge < -0.3 is 9.84 Å². The number of benzene rings is 7. The highest BCUT2D eigenvalue weighted by Gasteiger charge is 2.20. The van der Waals surface area contributed by atoms with E-state index in [1.54, 1.807) is 27.9 Å². The summed E-state index contributed by atoms with van der Waals surface area (Å²) in [7, 11) is 1.75. The van der Waals surface area contributed by atoms with Crippen LogP contribution in [-0.2, 0) is 4.74 Å². The van der Waals surface area contributed by atoms with Crippen molar-refractivity contribution in [2.45, 2.75) is 114 Å². The SMILES string of the molecule is C=C(/C=C(\C=C(/C)c1ccc(C)cc1)c1cccc(-c2ccccc2)c1)c1cccc(-c2ccccc2)c1.CC.CC(C)(C)O.CC(C)c1ccccc1.COC(C)(C)C(C)C.Cc1ccccc1. The van der Waals surface area contributed by atoms with Crippen molar-refractivity contribution in [3.63, 3.8) is 0 Å². The molecule has 0 amide bonds. The predicted molar refractivity (Wildman–Crippen MR) is 307 cm³/mol. The Bertz CT molecular complexity index is 2510. The quantitative estimate of drug-likeness (QED) is 0.139. The van der Waals surface area contributed by atoms with Crippen molar-refractivity contribution in [3.8, 4) is 22.3 Å². The maximum absolute atomic E-state index is 8.52. The fourth-order valence-electron chi connectivity index (χ4n) is 6.26. The van der Waals surface area contributed by atoms with Gasteiger partial charge in [-0.1, -0.05) is 247 Å². The van der Waals surface area contributed by atoms with Crippen molar-refractivity contribution in [1.29, 1.82) is 0 Å². The maximum Gasteiger partial charge on any atom is 0.0645 e. The van der Waals surface area contributed by atoms with Gasteiger partial charge in [-0.3, -0.25) is 0 Å². The van der Waals surface area contributed by atoms with Crippen molar-refractivity contribution in [1.82, 2.24) is 0 Å². The minimum Gasteiger partial charge on any atom is -0.391 e. The number of hydrogen-bond donors (Lipinski definition) is 1. The summed E-state index contributed by atoms with van der Waals surface area (Å²) in [5, 5.41) is 8.52. The van der Waals surface area contributed by atoms with Crippen LogP contribution >= 0.6 is 0 Å². The first-order valence-corrected chi connectivity index (χ1v) is 24.6. The minimum atomic E-state index is -0.500. The molecule has 0 heterocycles. The van der Waals surface area contributed by atoms with Crippen molar-refractivity contribution < 1.29 is 9.84 Å². The second-order valence-corrected chi connectivity index (χ2v) is 19.1. The Morgan fingerprint density at radius 3 is 1.23 bits per heavy atom. The average molecular weight is 921 g/mol. The average Bonchev–Trinajstić information content (AvgIpc) is 3.35. The molecule has 0 aliphatic carbocycles. The molecule has 0 fully saturated rings. The summed E-state index contributed by atoms with van der Waals surface area (Å²) < 4.78 is 5.20. The van der Waals surface area contributed by atoms with E-state index in [4.69, 9.17) is 9.84 Å². The number of aryl methyl sites for hydroxylation is 2. The molecule has 2 nitrogen and oxygen atoms in total. The van der Waals surface area contributed by atoms with E-state index in [1.165, 1.54) is 50.1 Å². The summed E-state index contributed by atoms with van der Waals surface area (Å²) in [4.78, 5) is 0. The third kappa shape index (κ3) is 23.5. The number of allylic oxidation sites excluding steroid dienone is 5. The van der Waals surface area contributed by atoms with Gasteiger partial charge in [0, 0.05) is 7.11 Å². The fourth-order valence-corrected chi connectivity index (χ4v) is 6.26. The number of rotatable bonds is 10. The standard InChI is InChI=1S/C38H32.C9H12.C7H16O.C7H8.C4H10O.C2H6/c1-28-20-22-31(23-21-28)29(2)24-38(37-19-11-18-36(27-37)33-14-8-5-9-15-33)25-30(3)34-16-10-17-35(26-34)32-12-6-4-7-13-32;1-8(2)9-6-4-3-5-7-9;1-6(2)7(3,4)8-5;1-7-5-3-2-4-6-7;1-4(2,3)5;1-2/h4-27H,3H2,1-2H3;3-8H,1-2H3;6H,1-5H3;2-6H,1H3;5H,1-3H3;1-2H3/b29-24+,38-25+;;;;;. The van der Waals surface area contributed by atoms with Crippen LogP contribution in [0.1, 0.15) is 122 Å². The highest BCUT2D eigenvalue weighted by atomic mass is 16.5. The van der Waals surface area contributed by atoms with Gasteiger partial charge in [-0.25, -0.2) is 0 Å². The Balaban J connectivity index is 0.000000422. The molecule has 364 valence electrons. The van der Waals surface area contributed by atoms with Crippen molar-refractivity contribution in [2.24, 2.45) is 5.92 Å². The molecule has 0 atom stereocenters. The summed E-state index contributed by atoms with van der Waals surface area (Å²) in [6, 6.07) is 67.9. The van der Waals surface area contributed by atoms with Gasteiger partial charge in [-0.2, -0.15) is 0 Å². The number of methoxy groups -OCH3 is 1. The first kappa shape index (κ1) is 58.8. The predicted octanol–water partition coefficient (Wildman–Crippen LogP) is 19.2. The van der Waals surface area contributed by atoms with E-state index in [1.807, 2.05) is 44.2 Å². The van der Waals surface area contributed by atoms with Gasteiger partial charge in [0.15, 0.2) is 0 Å². The van der Waals surface area contributed by atoms with E-state index in [9.17, 15) is 0 Å². The molecule has 0 saturated carbocycles. The number of aliphatic hydroxyl groups is 1. The van der Waals surface area contributed by atoms with Crippen LogP contribution < -0.4 is 0 Å². The molecule has 0 aromatic heterocycles. The normalized spacial score (nSPS) is 11.2. The molecule has 0 spiro atoms. The van der Waals surface area contributed by atoms with Crippen molar-refractivity contribution >= 4 is 16.7 Å². The fraction of sp³-hybridized carbons (Fsp3) is 0.284. The van der Waals surface area contributed by atoms with Crippen LogP contribution in [0, 0.1) is 19.8 Å². The second kappa shape index (κ2) is 30.9. The molecule has 0 saturated heterocycles. The molecule has 69 heavy (non-hydrogen) atoms. The molecule has 0 aliphatic rings. The maximum atomic E-state index is 8.52. The molecule has 7 aromatic carbocycles. The lowest BCUT2D eigenvalue weighted by molar-refractivity contribution is -0.0157. The van der Waals surface area contributed by atoms with Crippen LogP contribution in [0.3, 0.4) is 0 Å². The number of ether oxygens (including phenoxy) is 1. The van der Waals surface area contributed by atoms with E-state index >= 15 is 0 Å². The van der Waals surface area contributed by atoms with E-state index in [2.05, 4.69) is 245 Å². The lowest BCUT2D eigenvalue weighted by Gasteiger charge is -2.26. The molecule has 1 N–H and O–H groups in total. The lowest BCUT2D eigenvalue weighted by Crippen LogP contribution is -2.29. The number of hydrogen-bond acceptors (Lipinski definition) is 2. The molecule has 0 unspecified atom stereocenters. The molecular formula is C67H84O2. The van der Waals surface area contributed by atoms with Gasteiger partial charge in [-0.05, 0) is 147 Å². The monoisotopic (exact) mass is 921 g/mol. The molecule has 7 rings (SSSR count). The summed E-state index contributed by atoms with van der Waals surface area (Å²) >= 11 is 0.